The molecule has 32 heavy (non-hydrogen) atoms. The van der Waals surface area contributed by atoms with Gasteiger partial charge in [0.25, 0.3) is 5.56 Å². The number of halogens is 1. The minimum Gasteiger partial charge on any atom is -0.311 e. The van der Waals surface area contributed by atoms with Crippen LogP contribution in [0.3, 0.4) is 0 Å². The van der Waals surface area contributed by atoms with Crippen LogP contribution in [0.1, 0.15) is 30.5 Å². The van der Waals surface area contributed by atoms with E-state index in [1.54, 1.807) is 29.0 Å². The number of fused-ring (bicyclic) bond motifs is 1. The third kappa shape index (κ3) is 3.36. The monoisotopic (exact) mass is 461 g/mol. The van der Waals surface area contributed by atoms with E-state index in [4.69, 9.17) is 11.6 Å². The maximum Gasteiger partial charge on any atom is 0.260 e. The molecule has 3 heterocycles. The summed E-state index contributed by atoms with van der Waals surface area (Å²) in [4.78, 5) is 26.1. The highest BCUT2D eigenvalue weighted by atomic mass is 35.5. The van der Waals surface area contributed by atoms with Gasteiger partial charge in [-0.25, -0.2) is 5.01 Å². The number of hydrogen-bond donors (Lipinski definition) is 0. The van der Waals surface area contributed by atoms with E-state index in [1.807, 2.05) is 59.3 Å². The lowest BCUT2D eigenvalue weighted by molar-refractivity contribution is -0.130. The van der Waals surface area contributed by atoms with Gasteiger partial charge in [0.15, 0.2) is 0 Å². The minimum absolute atomic E-state index is 0.146. The molecule has 0 radical (unpaired) electrons. The second-order valence-electron chi connectivity index (χ2n) is 7.83. The van der Waals surface area contributed by atoms with Gasteiger partial charge in [0.05, 0.1) is 22.8 Å². The predicted molar refractivity (Wildman–Crippen MR) is 130 cm³/mol. The summed E-state index contributed by atoms with van der Waals surface area (Å²) < 4.78 is 1.63. The average Bonchev–Trinajstić information content (AvgIpc) is 3.46. The largest absolute Gasteiger partial charge is 0.311 e. The van der Waals surface area contributed by atoms with Crippen molar-refractivity contribution in [1.29, 1.82) is 0 Å². The Labute approximate surface area is 194 Å². The number of hydrogen-bond acceptors (Lipinski definition) is 4. The zero-order chi connectivity index (χ0) is 22.4. The number of pyridine rings is 1. The molecule has 0 spiro atoms. The van der Waals surface area contributed by atoms with Crippen molar-refractivity contribution in [3.8, 4) is 11.1 Å². The lowest BCUT2D eigenvalue weighted by atomic mass is 9.91. The lowest BCUT2D eigenvalue weighted by Gasteiger charge is -2.19. The fraction of sp³-hybridized carbons (Fsp3) is 0.160. The molecule has 0 saturated heterocycles. The van der Waals surface area contributed by atoms with Crippen molar-refractivity contribution < 1.29 is 4.79 Å². The number of amides is 1. The number of thiophene rings is 1. The Morgan fingerprint density at radius 1 is 1.12 bits per heavy atom. The van der Waals surface area contributed by atoms with Gasteiger partial charge in [0, 0.05) is 36.4 Å². The number of hydrazone groups is 1. The number of nitrogens with zero attached hydrogens (tertiary/aromatic N) is 3. The molecule has 0 N–H and O–H groups in total. The van der Waals surface area contributed by atoms with Crippen LogP contribution < -0.4 is 5.56 Å². The van der Waals surface area contributed by atoms with Crippen LogP contribution in [0, 0.1) is 0 Å². The van der Waals surface area contributed by atoms with Crippen molar-refractivity contribution in [3.05, 3.63) is 91.9 Å². The van der Waals surface area contributed by atoms with Gasteiger partial charge in [-0.1, -0.05) is 41.9 Å². The first-order valence-electron chi connectivity index (χ1n) is 10.2. The van der Waals surface area contributed by atoms with Crippen LogP contribution in [0.25, 0.3) is 22.0 Å². The molecule has 0 bridgehead atoms. The molecule has 0 fully saturated rings. The van der Waals surface area contributed by atoms with Crippen molar-refractivity contribution in [2.24, 2.45) is 12.1 Å². The van der Waals surface area contributed by atoms with Gasteiger partial charge < -0.3 is 4.57 Å². The molecule has 5 rings (SSSR count). The standard InChI is InChI=1S/C25H20ClN3O2S/c1-15(30)29-22(17-10-11-32-14-17)13-20(27-29)24-23(16-6-4-3-5-7-16)19-12-18(26)8-9-21(19)28(2)25(24)31/h3-12,14,22H,13H2,1-2H3. The quantitative estimate of drug-likeness (QED) is 0.397. The summed E-state index contributed by atoms with van der Waals surface area (Å²) in [6.45, 7) is 1.50. The molecule has 0 aliphatic carbocycles. The molecule has 1 aliphatic rings. The molecule has 1 unspecified atom stereocenters. The summed E-state index contributed by atoms with van der Waals surface area (Å²) in [7, 11) is 1.76. The van der Waals surface area contributed by atoms with Crippen molar-refractivity contribution in [2.75, 3.05) is 0 Å². The zero-order valence-electron chi connectivity index (χ0n) is 17.6. The van der Waals surface area contributed by atoms with Crippen LogP contribution in [0.15, 0.2) is 75.3 Å². The Bertz CT molecular complexity index is 1430. The van der Waals surface area contributed by atoms with Gasteiger partial charge in [-0.3, -0.25) is 9.59 Å². The number of benzene rings is 2. The molecule has 1 atom stereocenters. The Kier molecular flexibility index (Phi) is 5.19. The summed E-state index contributed by atoms with van der Waals surface area (Å²) in [5, 5.41) is 11.6. The van der Waals surface area contributed by atoms with E-state index in [0.717, 1.165) is 27.6 Å². The number of carbonyl (C=O) groups is 1. The molecule has 7 heteroatoms. The molecule has 2 aromatic heterocycles. The Morgan fingerprint density at radius 3 is 2.59 bits per heavy atom. The first-order chi connectivity index (χ1) is 15.5. The molecule has 0 saturated carbocycles. The van der Waals surface area contributed by atoms with Gasteiger partial charge in [-0.15, -0.1) is 0 Å². The summed E-state index contributed by atoms with van der Waals surface area (Å²) >= 11 is 7.95. The molecule has 5 nitrogen and oxygen atoms in total. The van der Waals surface area contributed by atoms with Crippen molar-refractivity contribution in [1.82, 2.24) is 9.58 Å². The maximum absolute atomic E-state index is 13.7. The van der Waals surface area contributed by atoms with Crippen LogP contribution in [0.4, 0.5) is 0 Å². The number of carbonyl (C=O) groups excluding carboxylic acids is 1. The van der Waals surface area contributed by atoms with E-state index in [2.05, 4.69) is 5.10 Å². The lowest BCUT2D eigenvalue weighted by Crippen LogP contribution is -2.26. The Hall–Kier alpha value is -3.22. The smallest absolute Gasteiger partial charge is 0.260 e. The molecule has 4 aromatic rings. The van der Waals surface area contributed by atoms with E-state index < -0.39 is 0 Å². The fourth-order valence-electron chi connectivity index (χ4n) is 4.37. The summed E-state index contributed by atoms with van der Waals surface area (Å²) in [5.74, 6) is -0.155. The van der Waals surface area contributed by atoms with Crippen LogP contribution in [-0.2, 0) is 11.8 Å². The first-order valence-corrected chi connectivity index (χ1v) is 11.5. The molecule has 1 amide bonds. The highest BCUT2D eigenvalue weighted by molar-refractivity contribution is 7.08. The first kappa shape index (κ1) is 20.7. The van der Waals surface area contributed by atoms with Gasteiger partial charge in [-0.05, 0) is 46.2 Å². The average molecular weight is 462 g/mol. The van der Waals surface area contributed by atoms with Crippen LogP contribution >= 0.6 is 22.9 Å². The number of aromatic nitrogens is 1. The molecule has 2 aromatic carbocycles. The van der Waals surface area contributed by atoms with Crippen LogP contribution in [-0.4, -0.2) is 21.2 Å². The second kappa shape index (κ2) is 8.04. The fourth-order valence-corrected chi connectivity index (χ4v) is 5.25. The summed E-state index contributed by atoms with van der Waals surface area (Å²) in [6.07, 6.45) is 0.470. The predicted octanol–water partition coefficient (Wildman–Crippen LogP) is 5.62. The van der Waals surface area contributed by atoms with Crippen molar-refractivity contribution in [3.63, 3.8) is 0 Å². The van der Waals surface area contributed by atoms with Crippen LogP contribution in [0.5, 0.6) is 0 Å². The Balaban J connectivity index is 1.81. The van der Waals surface area contributed by atoms with E-state index in [9.17, 15) is 9.59 Å². The van der Waals surface area contributed by atoms with E-state index in [0.29, 0.717) is 22.7 Å². The van der Waals surface area contributed by atoms with Gasteiger partial charge in [0.2, 0.25) is 5.91 Å². The summed E-state index contributed by atoms with van der Waals surface area (Å²) in [6, 6.07) is 17.1. The zero-order valence-corrected chi connectivity index (χ0v) is 19.2. The molecular weight excluding hydrogens is 442 g/mol. The van der Waals surface area contributed by atoms with E-state index >= 15 is 0 Å². The topological polar surface area (TPSA) is 54.7 Å². The van der Waals surface area contributed by atoms with E-state index in [1.165, 1.54) is 11.9 Å². The number of rotatable bonds is 3. The van der Waals surface area contributed by atoms with Gasteiger partial charge >= 0.3 is 0 Å². The Morgan fingerprint density at radius 2 is 1.91 bits per heavy atom. The maximum atomic E-state index is 13.7. The molecule has 1 aliphatic heterocycles. The number of aryl methyl sites for hydroxylation is 1. The summed E-state index contributed by atoms with van der Waals surface area (Å²) in [5.41, 5.74) is 4.48. The SMILES string of the molecule is CC(=O)N1N=C(c2c(-c3ccccc3)c3cc(Cl)ccc3n(C)c2=O)CC1c1ccsc1. The highest BCUT2D eigenvalue weighted by Crippen LogP contribution is 2.38. The molecular formula is C25H20ClN3O2S. The highest BCUT2D eigenvalue weighted by Gasteiger charge is 2.34. The van der Waals surface area contributed by atoms with Gasteiger partial charge in [0.1, 0.15) is 0 Å². The normalized spacial score (nSPS) is 15.9. The van der Waals surface area contributed by atoms with Crippen molar-refractivity contribution >= 4 is 45.5 Å². The third-order valence-corrected chi connectivity index (χ3v) is 6.81. The molecule has 160 valence electrons. The minimum atomic E-state index is -0.225. The van der Waals surface area contributed by atoms with Gasteiger partial charge in [-0.2, -0.15) is 16.4 Å². The van der Waals surface area contributed by atoms with Crippen molar-refractivity contribution in [2.45, 2.75) is 19.4 Å². The third-order valence-electron chi connectivity index (χ3n) is 5.87. The second-order valence-corrected chi connectivity index (χ2v) is 9.05. The van der Waals surface area contributed by atoms with Crippen LogP contribution in [0.2, 0.25) is 5.02 Å². The van der Waals surface area contributed by atoms with E-state index in [-0.39, 0.29) is 17.5 Å².